The first-order chi connectivity index (χ1) is 7.25. The molecule has 0 aliphatic carbocycles. The van der Waals surface area contributed by atoms with E-state index in [1.807, 2.05) is 5.51 Å². The fraction of sp³-hybridized carbons (Fsp3) is 0.727. The molecule has 1 aromatic rings. The fourth-order valence-electron chi connectivity index (χ4n) is 2.11. The number of hydrogen-bond donors (Lipinski definition) is 1. The van der Waals surface area contributed by atoms with Gasteiger partial charge in [0.15, 0.2) is 0 Å². The summed E-state index contributed by atoms with van der Waals surface area (Å²) in [5.74, 6) is 0. The molecule has 1 fully saturated rings. The fourth-order valence-corrected chi connectivity index (χ4v) is 2.70. The maximum atomic E-state index is 4.28. The van der Waals surface area contributed by atoms with Crippen LogP contribution in [-0.4, -0.2) is 42.1 Å². The molecule has 2 rings (SSSR count). The van der Waals surface area contributed by atoms with E-state index in [2.05, 4.69) is 34.6 Å². The molecule has 0 aromatic carbocycles. The maximum Gasteiger partial charge on any atom is 0.0794 e. The summed E-state index contributed by atoms with van der Waals surface area (Å²) in [5.41, 5.74) is 3.12. The topological polar surface area (TPSA) is 28.2 Å². The van der Waals surface area contributed by atoms with E-state index in [9.17, 15) is 0 Å². The summed E-state index contributed by atoms with van der Waals surface area (Å²) in [5, 5.41) is 5.73. The summed E-state index contributed by atoms with van der Waals surface area (Å²) in [6.45, 7) is 4.52. The van der Waals surface area contributed by atoms with Crippen LogP contribution in [-0.2, 0) is 6.42 Å². The van der Waals surface area contributed by atoms with Crippen molar-refractivity contribution >= 4 is 11.3 Å². The maximum absolute atomic E-state index is 4.28. The smallest absolute Gasteiger partial charge is 0.0794 e. The second-order valence-corrected chi connectivity index (χ2v) is 5.12. The molecule has 0 amide bonds. The van der Waals surface area contributed by atoms with E-state index >= 15 is 0 Å². The number of nitrogens with one attached hydrogen (secondary N) is 1. The lowest BCUT2D eigenvalue weighted by molar-refractivity contribution is 0.327. The molecule has 1 aliphatic heterocycles. The zero-order valence-corrected chi connectivity index (χ0v) is 10.3. The molecule has 2 unspecified atom stereocenters. The average Bonchev–Trinajstić information content (AvgIpc) is 2.79. The SMILES string of the molecule is CC1CC(NCCc2cscn2)CN1C. The second-order valence-electron chi connectivity index (χ2n) is 4.41. The minimum atomic E-state index is 0.670. The summed E-state index contributed by atoms with van der Waals surface area (Å²) in [6.07, 6.45) is 2.33. The lowest BCUT2D eigenvalue weighted by Crippen LogP contribution is -2.33. The lowest BCUT2D eigenvalue weighted by Gasteiger charge is -2.13. The molecular weight excluding hydrogens is 206 g/mol. The number of hydrogen-bond acceptors (Lipinski definition) is 4. The van der Waals surface area contributed by atoms with Gasteiger partial charge in [0.25, 0.3) is 0 Å². The van der Waals surface area contributed by atoms with Crippen molar-refractivity contribution in [2.75, 3.05) is 20.1 Å². The Balaban J connectivity index is 1.67. The molecule has 15 heavy (non-hydrogen) atoms. The van der Waals surface area contributed by atoms with E-state index in [0.29, 0.717) is 6.04 Å². The van der Waals surface area contributed by atoms with E-state index in [1.54, 1.807) is 11.3 Å². The molecule has 1 aromatic heterocycles. The highest BCUT2D eigenvalue weighted by atomic mass is 32.1. The van der Waals surface area contributed by atoms with Gasteiger partial charge in [-0.05, 0) is 20.4 Å². The summed E-state index contributed by atoms with van der Waals surface area (Å²) in [4.78, 5) is 6.70. The van der Waals surface area contributed by atoms with Crippen molar-refractivity contribution in [3.63, 3.8) is 0 Å². The van der Waals surface area contributed by atoms with E-state index in [4.69, 9.17) is 0 Å². The molecule has 84 valence electrons. The Morgan fingerprint density at radius 3 is 3.13 bits per heavy atom. The molecule has 0 spiro atoms. The van der Waals surface area contributed by atoms with Gasteiger partial charge in [0.2, 0.25) is 0 Å². The Morgan fingerprint density at radius 2 is 2.53 bits per heavy atom. The predicted molar refractivity (Wildman–Crippen MR) is 64.3 cm³/mol. The number of likely N-dealkylation sites (N-methyl/N-ethyl adjacent to an activating group) is 1. The third-order valence-electron chi connectivity index (χ3n) is 3.18. The van der Waals surface area contributed by atoms with Crippen molar-refractivity contribution < 1.29 is 0 Å². The number of likely N-dealkylation sites (tertiary alicyclic amines) is 1. The van der Waals surface area contributed by atoms with Gasteiger partial charge in [-0.15, -0.1) is 11.3 Å². The Bertz CT molecular complexity index is 276. The van der Waals surface area contributed by atoms with E-state index < -0.39 is 0 Å². The van der Waals surface area contributed by atoms with Crippen LogP contribution in [0.1, 0.15) is 19.0 Å². The predicted octanol–water partition coefficient (Wildman–Crippen LogP) is 1.37. The molecule has 0 bridgehead atoms. The van der Waals surface area contributed by atoms with Gasteiger partial charge < -0.3 is 10.2 Å². The van der Waals surface area contributed by atoms with Crippen LogP contribution in [0.2, 0.25) is 0 Å². The van der Waals surface area contributed by atoms with Crippen LogP contribution in [0.3, 0.4) is 0 Å². The van der Waals surface area contributed by atoms with Gasteiger partial charge in [0, 0.05) is 37.0 Å². The number of nitrogens with zero attached hydrogens (tertiary/aromatic N) is 2. The molecule has 1 aliphatic rings. The summed E-state index contributed by atoms with van der Waals surface area (Å²) in [6, 6.07) is 1.39. The van der Waals surface area contributed by atoms with Crippen LogP contribution in [0, 0.1) is 0 Å². The van der Waals surface area contributed by atoms with Gasteiger partial charge in [-0.2, -0.15) is 0 Å². The van der Waals surface area contributed by atoms with E-state index in [0.717, 1.165) is 19.0 Å². The highest BCUT2D eigenvalue weighted by molar-refractivity contribution is 7.07. The van der Waals surface area contributed by atoms with E-state index in [-0.39, 0.29) is 0 Å². The molecule has 3 nitrogen and oxygen atoms in total. The standard InChI is InChI=1S/C11H19N3S/c1-9-5-11(6-14(9)2)12-4-3-10-7-15-8-13-10/h7-9,11-12H,3-6H2,1-2H3. The highest BCUT2D eigenvalue weighted by Crippen LogP contribution is 2.14. The van der Waals surface area contributed by atoms with E-state index in [1.165, 1.54) is 18.7 Å². The molecule has 1 saturated heterocycles. The van der Waals surface area contributed by atoms with Crippen molar-refractivity contribution in [1.29, 1.82) is 0 Å². The zero-order chi connectivity index (χ0) is 10.7. The Morgan fingerprint density at radius 1 is 1.67 bits per heavy atom. The van der Waals surface area contributed by atoms with Crippen LogP contribution < -0.4 is 5.32 Å². The van der Waals surface area contributed by atoms with Crippen molar-refractivity contribution in [2.45, 2.75) is 31.8 Å². The molecule has 2 atom stereocenters. The summed E-state index contributed by atoms with van der Waals surface area (Å²) < 4.78 is 0. The highest BCUT2D eigenvalue weighted by Gasteiger charge is 2.25. The van der Waals surface area contributed by atoms with Crippen molar-refractivity contribution in [3.8, 4) is 0 Å². The van der Waals surface area contributed by atoms with Crippen molar-refractivity contribution in [1.82, 2.24) is 15.2 Å². The molecular formula is C11H19N3S. The first kappa shape index (κ1) is 11.0. The van der Waals surface area contributed by atoms with Gasteiger partial charge in [-0.3, -0.25) is 0 Å². The number of thiazole rings is 1. The molecule has 0 saturated carbocycles. The second kappa shape index (κ2) is 5.05. The van der Waals surface area contributed by atoms with Crippen LogP contribution in [0.4, 0.5) is 0 Å². The zero-order valence-electron chi connectivity index (χ0n) is 9.44. The van der Waals surface area contributed by atoms with Gasteiger partial charge in [-0.25, -0.2) is 4.98 Å². The molecule has 4 heteroatoms. The monoisotopic (exact) mass is 225 g/mol. The third kappa shape index (κ3) is 3.00. The summed E-state index contributed by atoms with van der Waals surface area (Å²) in [7, 11) is 2.20. The number of aromatic nitrogens is 1. The molecule has 0 radical (unpaired) electrons. The van der Waals surface area contributed by atoms with Crippen LogP contribution in [0.5, 0.6) is 0 Å². The quantitative estimate of drug-likeness (QED) is 0.839. The van der Waals surface area contributed by atoms with Crippen LogP contribution >= 0.6 is 11.3 Å². The molecule has 2 heterocycles. The average molecular weight is 225 g/mol. The normalized spacial score (nSPS) is 27.3. The van der Waals surface area contributed by atoms with Crippen LogP contribution in [0.25, 0.3) is 0 Å². The molecule has 1 N–H and O–H groups in total. The largest absolute Gasteiger partial charge is 0.312 e. The minimum absolute atomic E-state index is 0.670. The summed E-state index contributed by atoms with van der Waals surface area (Å²) >= 11 is 1.68. The first-order valence-corrected chi connectivity index (χ1v) is 6.50. The van der Waals surface area contributed by atoms with Crippen molar-refractivity contribution in [3.05, 3.63) is 16.6 Å². The third-order valence-corrected chi connectivity index (χ3v) is 3.82. The van der Waals surface area contributed by atoms with Gasteiger partial charge in [0.1, 0.15) is 0 Å². The Kier molecular flexibility index (Phi) is 3.72. The lowest BCUT2D eigenvalue weighted by atomic mass is 10.2. The first-order valence-electron chi connectivity index (χ1n) is 5.56. The van der Waals surface area contributed by atoms with Crippen LogP contribution in [0.15, 0.2) is 10.9 Å². The minimum Gasteiger partial charge on any atom is -0.312 e. The number of rotatable bonds is 4. The Hall–Kier alpha value is -0.450. The van der Waals surface area contributed by atoms with Gasteiger partial charge >= 0.3 is 0 Å². The van der Waals surface area contributed by atoms with Crippen molar-refractivity contribution in [2.24, 2.45) is 0 Å². The van der Waals surface area contributed by atoms with Gasteiger partial charge in [0.05, 0.1) is 11.2 Å². The Labute approximate surface area is 95.5 Å². The van der Waals surface area contributed by atoms with Gasteiger partial charge in [-0.1, -0.05) is 0 Å².